The lowest BCUT2D eigenvalue weighted by Crippen LogP contribution is -2.30. The van der Waals surface area contributed by atoms with Crippen LogP contribution in [0.2, 0.25) is 0 Å². The van der Waals surface area contributed by atoms with Crippen LogP contribution >= 0.6 is 0 Å². The molecule has 1 aromatic rings. The fraction of sp³-hybridized carbons (Fsp3) is 0.571. The lowest BCUT2D eigenvalue weighted by atomic mass is 10.0. The quantitative estimate of drug-likeness (QED) is 0.747. The first-order chi connectivity index (χ1) is 8.96. The standard InChI is InChI=1S/C14H23NO3S/c1-4-11-19(16,17)15-9-10-18-14-8-6-5-7-13(14)12(2)3/h5-8,12,15H,4,9-11H2,1-3H3. The van der Waals surface area contributed by atoms with E-state index in [4.69, 9.17) is 4.74 Å². The highest BCUT2D eigenvalue weighted by Gasteiger charge is 2.09. The van der Waals surface area contributed by atoms with Crippen LogP contribution in [0.3, 0.4) is 0 Å². The van der Waals surface area contributed by atoms with Crippen LogP contribution in [-0.2, 0) is 10.0 Å². The van der Waals surface area contributed by atoms with Crippen LogP contribution in [0.1, 0.15) is 38.7 Å². The zero-order chi connectivity index (χ0) is 14.3. The predicted octanol–water partition coefficient (Wildman–Crippen LogP) is 2.52. The van der Waals surface area contributed by atoms with E-state index in [2.05, 4.69) is 18.6 Å². The van der Waals surface area contributed by atoms with Crippen LogP contribution in [0.4, 0.5) is 0 Å². The third kappa shape index (κ3) is 5.61. The van der Waals surface area contributed by atoms with Gasteiger partial charge in [0.05, 0.1) is 5.75 Å². The summed E-state index contributed by atoms with van der Waals surface area (Å²) in [5.74, 6) is 1.37. The molecule has 0 radical (unpaired) electrons. The molecule has 0 atom stereocenters. The molecule has 0 aliphatic rings. The van der Waals surface area contributed by atoms with Gasteiger partial charge in [-0.15, -0.1) is 0 Å². The Bertz CT molecular complexity index is 483. The Morgan fingerprint density at radius 1 is 1.26 bits per heavy atom. The van der Waals surface area contributed by atoms with Crippen molar-refractivity contribution in [3.63, 3.8) is 0 Å². The van der Waals surface area contributed by atoms with Crippen LogP contribution < -0.4 is 9.46 Å². The number of ether oxygens (including phenoxy) is 1. The van der Waals surface area contributed by atoms with Crippen LogP contribution in [0.15, 0.2) is 24.3 Å². The number of benzene rings is 1. The monoisotopic (exact) mass is 285 g/mol. The highest BCUT2D eigenvalue weighted by Crippen LogP contribution is 2.25. The summed E-state index contributed by atoms with van der Waals surface area (Å²) in [4.78, 5) is 0. The fourth-order valence-corrected chi connectivity index (χ4v) is 2.86. The highest BCUT2D eigenvalue weighted by molar-refractivity contribution is 7.89. The molecular formula is C14H23NO3S. The van der Waals surface area contributed by atoms with Crippen molar-refractivity contribution < 1.29 is 13.2 Å². The lowest BCUT2D eigenvalue weighted by Gasteiger charge is -2.14. The van der Waals surface area contributed by atoms with Crippen LogP contribution in [0, 0.1) is 0 Å². The molecule has 0 saturated heterocycles. The van der Waals surface area contributed by atoms with Crippen molar-refractivity contribution in [2.24, 2.45) is 0 Å². The van der Waals surface area contributed by atoms with E-state index >= 15 is 0 Å². The van der Waals surface area contributed by atoms with Crippen LogP contribution in [-0.4, -0.2) is 27.3 Å². The number of para-hydroxylation sites is 1. The van der Waals surface area contributed by atoms with E-state index in [1.165, 1.54) is 0 Å². The molecule has 0 unspecified atom stereocenters. The molecule has 0 heterocycles. The second-order valence-electron chi connectivity index (χ2n) is 4.75. The van der Waals surface area contributed by atoms with Gasteiger partial charge < -0.3 is 4.74 Å². The second-order valence-corrected chi connectivity index (χ2v) is 6.68. The van der Waals surface area contributed by atoms with Gasteiger partial charge in [0.1, 0.15) is 12.4 Å². The molecule has 0 bridgehead atoms. The van der Waals surface area contributed by atoms with Gasteiger partial charge in [0, 0.05) is 6.54 Å². The Balaban J connectivity index is 2.46. The van der Waals surface area contributed by atoms with E-state index < -0.39 is 10.0 Å². The Morgan fingerprint density at radius 2 is 1.95 bits per heavy atom. The fourth-order valence-electron chi connectivity index (χ4n) is 1.79. The van der Waals surface area contributed by atoms with E-state index in [-0.39, 0.29) is 5.75 Å². The van der Waals surface area contributed by atoms with Crippen molar-refractivity contribution in [1.82, 2.24) is 4.72 Å². The molecule has 0 amide bonds. The van der Waals surface area contributed by atoms with Crippen LogP contribution in [0.25, 0.3) is 0 Å². The summed E-state index contributed by atoms with van der Waals surface area (Å²) in [5.41, 5.74) is 1.14. The van der Waals surface area contributed by atoms with E-state index in [1.54, 1.807) is 0 Å². The third-order valence-electron chi connectivity index (χ3n) is 2.70. The molecular weight excluding hydrogens is 262 g/mol. The average Bonchev–Trinajstić information content (AvgIpc) is 2.35. The summed E-state index contributed by atoms with van der Waals surface area (Å²) in [7, 11) is -3.14. The van der Waals surface area contributed by atoms with Crippen molar-refractivity contribution in [2.45, 2.75) is 33.1 Å². The molecule has 0 aliphatic carbocycles. The minimum Gasteiger partial charge on any atom is -0.492 e. The van der Waals surface area contributed by atoms with E-state index in [0.29, 0.717) is 25.5 Å². The van der Waals surface area contributed by atoms with Crippen molar-refractivity contribution in [3.8, 4) is 5.75 Å². The average molecular weight is 285 g/mol. The molecule has 1 aromatic carbocycles. The Labute approximate surface area is 116 Å². The summed E-state index contributed by atoms with van der Waals surface area (Å²) in [5, 5.41) is 0. The van der Waals surface area contributed by atoms with Crippen molar-refractivity contribution >= 4 is 10.0 Å². The topological polar surface area (TPSA) is 55.4 Å². The minimum atomic E-state index is -3.14. The van der Waals surface area contributed by atoms with Crippen LogP contribution in [0.5, 0.6) is 5.75 Å². The molecule has 19 heavy (non-hydrogen) atoms. The first kappa shape index (κ1) is 16.0. The number of rotatable bonds is 8. The van der Waals surface area contributed by atoms with Gasteiger partial charge >= 0.3 is 0 Å². The van der Waals surface area contributed by atoms with E-state index in [0.717, 1.165) is 11.3 Å². The Hall–Kier alpha value is -1.07. The lowest BCUT2D eigenvalue weighted by molar-refractivity contribution is 0.318. The molecule has 4 nitrogen and oxygen atoms in total. The Morgan fingerprint density at radius 3 is 2.58 bits per heavy atom. The first-order valence-corrected chi connectivity index (χ1v) is 8.30. The van der Waals surface area contributed by atoms with Gasteiger partial charge in [-0.1, -0.05) is 39.0 Å². The van der Waals surface area contributed by atoms with Gasteiger partial charge in [0.25, 0.3) is 0 Å². The van der Waals surface area contributed by atoms with Crippen molar-refractivity contribution in [2.75, 3.05) is 18.9 Å². The highest BCUT2D eigenvalue weighted by atomic mass is 32.2. The molecule has 1 rings (SSSR count). The minimum absolute atomic E-state index is 0.162. The summed E-state index contributed by atoms with van der Waals surface area (Å²) in [6, 6.07) is 7.84. The van der Waals surface area contributed by atoms with Crippen molar-refractivity contribution in [1.29, 1.82) is 0 Å². The van der Waals surface area contributed by atoms with Gasteiger partial charge in [-0.05, 0) is 24.0 Å². The molecule has 0 aliphatic heterocycles. The summed E-state index contributed by atoms with van der Waals surface area (Å²) in [6.45, 7) is 6.69. The maximum absolute atomic E-state index is 11.5. The van der Waals surface area contributed by atoms with Crippen molar-refractivity contribution in [3.05, 3.63) is 29.8 Å². The molecule has 0 fully saturated rings. The molecule has 0 aromatic heterocycles. The van der Waals surface area contributed by atoms with Gasteiger partial charge in [-0.3, -0.25) is 0 Å². The summed E-state index contributed by atoms with van der Waals surface area (Å²) >= 11 is 0. The molecule has 1 N–H and O–H groups in total. The van der Waals surface area contributed by atoms with E-state index in [1.807, 2.05) is 31.2 Å². The molecule has 108 valence electrons. The van der Waals surface area contributed by atoms with Gasteiger partial charge in [-0.2, -0.15) is 0 Å². The smallest absolute Gasteiger partial charge is 0.211 e. The van der Waals surface area contributed by atoms with Gasteiger partial charge in [0.15, 0.2) is 0 Å². The predicted molar refractivity (Wildman–Crippen MR) is 78.1 cm³/mol. The number of hydrogen-bond acceptors (Lipinski definition) is 3. The number of hydrogen-bond donors (Lipinski definition) is 1. The summed E-state index contributed by atoms with van der Waals surface area (Å²) < 4.78 is 31.1. The largest absolute Gasteiger partial charge is 0.492 e. The first-order valence-electron chi connectivity index (χ1n) is 6.65. The van der Waals surface area contributed by atoms with Gasteiger partial charge in [-0.25, -0.2) is 13.1 Å². The zero-order valence-corrected chi connectivity index (χ0v) is 12.7. The number of nitrogens with one attached hydrogen (secondary N) is 1. The van der Waals surface area contributed by atoms with E-state index in [9.17, 15) is 8.42 Å². The number of sulfonamides is 1. The third-order valence-corrected chi connectivity index (χ3v) is 4.29. The molecule has 0 saturated carbocycles. The maximum atomic E-state index is 11.5. The van der Waals surface area contributed by atoms with Gasteiger partial charge in [0.2, 0.25) is 10.0 Å². The molecule has 0 spiro atoms. The Kier molecular flexibility index (Phi) is 6.31. The maximum Gasteiger partial charge on any atom is 0.211 e. The SMILES string of the molecule is CCCS(=O)(=O)NCCOc1ccccc1C(C)C. The summed E-state index contributed by atoms with van der Waals surface area (Å²) in [6.07, 6.45) is 0.617. The molecule has 5 heteroatoms. The normalized spacial score (nSPS) is 11.8. The zero-order valence-electron chi connectivity index (χ0n) is 11.8. The second kappa shape index (κ2) is 7.50.